The zero-order valence-corrected chi connectivity index (χ0v) is 12.3. The minimum Gasteiger partial charge on any atom is -0.395 e. The number of aromatic nitrogens is 2. The van der Waals surface area contributed by atoms with Gasteiger partial charge in [-0.2, -0.15) is 0 Å². The van der Waals surface area contributed by atoms with Crippen LogP contribution >= 0.6 is 11.3 Å². The first kappa shape index (κ1) is 15.3. The fourth-order valence-corrected chi connectivity index (χ4v) is 2.87. The Bertz CT molecular complexity index is 328. The van der Waals surface area contributed by atoms with Crippen LogP contribution in [-0.4, -0.2) is 45.9 Å². The Morgan fingerprint density at radius 3 is 2.56 bits per heavy atom. The quantitative estimate of drug-likeness (QED) is 0.719. The lowest BCUT2D eigenvalue weighted by Crippen LogP contribution is -2.36. The van der Waals surface area contributed by atoms with Crippen molar-refractivity contribution in [1.29, 1.82) is 0 Å². The molecule has 0 saturated heterocycles. The predicted molar refractivity (Wildman–Crippen MR) is 75.9 cm³/mol. The Kier molecular flexibility index (Phi) is 7.15. The maximum Gasteiger partial charge on any atom is 0.205 e. The number of aliphatic hydroxyl groups excluding tert-OH is 1. The van der Waals surface area contributed by atoms with Crippen LogP contribution in [-0.2, 0) is 6.54 Å². The summed E-state index contributed by atoms with van der Waals surface area (Å²) in [6, 6.07) is 0.503. The van der Waals surface area contributed by atoms with Crippen molar-refractivity contribution in [2.24, 2.45) is 0 Å². The van der Waals surface area contributed by atoms with E-state index >= 15 is 0 Å². The van der Waals surface area contributed by atoms with Crippen molar-refractivity contribution in [3.8, 4) is 0 Å². The largest absolute Gasteiger partial charge is 0.395 e. The van der Waals surface area contributed by atoms with Gasteiger partial charge >= 0.3 is 0 Å². The summed E-state index contributed by atoms with van der Waals surface area (Å²) in [5, 5.41) is 22.5. The van der Waals surface area contributed by atoms with Crippen LogP contribution in [0.25, 0.3) is 0 Å². The summed E-state index contributed by atoms with van der Waals surface area (Å²) >= 11 is 1.59. The van der Waals surface area contributed by atoms with E-state index in [1.54, 1.807) is 11.3 Å². The molecule has 0 fully saturated rings. The number of rotatable bonds is 9. The Balaban J connectivity index is 2.63. The van der Waals surface area contributed by atoms with Gasteiger partial charge in [0.05, 0.1) is 13.2 Å². The molecule has 0 aliphatic rings. The molecule has 0 aromatic carbocycles. The molecule has 0 amide bonds. The van der Waals surface area contributed by atoms with Crippen molar-refractivity contribution in [3.05, 3.63) is 5.01 Å². The van der Waals surface area contributed by atoms with Gasteiger partial charge in [0, 0.05) is 19.1 Å². The first-order valence-electron chi connectivity index (χ1n) is 6.66. The van der Waals surface area contributed by atoms with E-state index in [0.717, 1.165) is 36.1 Å². The van der Waals surface area contributed by atoms with Gasteiger partial charge < -0.3 is 10.4 Å². The van der Waals surface area contributed by atoms with Gasteiger partial charge in [-0.05, 0) is 19.8 Å². The number of hydrogen-bond donors (Lipinski definition) is 2. The highest BCUT2D eigenvalue weighted by Gasteiger charge is 2.17. The summed E-state index contributed by atoms with van der Waals surface area (Å²) < 4.78 is 0. The molecule has 2 N–H and O–H groups in total. The Hall–Kier alpha value is -0.720. The van der Waals surface area contributed by atoms with E-state index in [1.807, 2.05) is 6.92 Å². The highest BCUT2D eigenvalue weighted by Crippen LogP contribution is 2.19. The summed E-state index contributed by atoms with van der Waals surface area (Å²) in [5.41, 5.74) is 0. The average molecular weight is 272 g/mol. The van der Waals surface area contributed by atoms with Gasteiger partial charge in [-0.3, -0.25) is 4.90 Å². The van der Waals surface area contributed by atoms with E-state index in [4.69, 9.17) is 5.11 Å². The van der Waals surface area contributed by atoms with Gasteiger partial charge in [0.1, 0.15) is 5.01 Å². The summed E-state index contributed by atoms with van der Waals surface area (Å²) in [4.78, 5) is 2.29. The third-order valence-corrected chi connectivity index (χ3v) is 3.85. The summed E-state index contributed by atoms with van der Waals surface area (Å²) in [5.74, 6) is 0. The van der Waals surface area contributed by atoms with Gasteiger partial charge in [-0.1, -0.05) is 25.2 Å². The second-order valence-corrected chi connectivity index (χ2v) is 5.26. The average Bonchev–Trinajstić information content (AvgIpc) is 2.79. The van der Waals surface area contributed by atoms with Crippen LogP contribution in [0, 0.1) is 0 Å². The molecule has 5 nitrogen and oxygen atoms in total. The fourth-order valence-electron chi connectivity index (χ4n) is 2.04. The summed E-state index contributed by atoms with van der Waals surface area (Å²) in [6.45, 7) is 8.93. The maximum absolute atomic E-state index is 9.16. The topological polar surface area (TPSA) is 61.3 Å². The molecule has 104 valence electrons. The molecule has 18 heavy (non-hydrogen) atoms. The molecular formula is C12H24N4OS. The summed E-state index contributed by atoms with van der Waals surface area (Å²) in [7, 11) is 0. The van der Waals surface area contributed by atoms with Crippen LogP contribution in [0.3, 0.4) is 0 Å². The minimum absolute atomic E-state index is 0.190. The molecule has 1 aromatic heterocycles. The van der Waals surface area contributed by atoms with E-state index < -0.39 is 0 Å². The lowest BCUT2D eigenvalue weighted by Gasteiger charge is -2.28. The third-order valence-electron chi connectivity index (χ3n) is 2.98. The zero-order valence-electron chi connectivity index (χ0n) is 11.5. The first-order valence-corrected chi connectivity index (χ1v) is 7.47. The molecule has 0 spiro atoms. The highest BCUT2D eigenvalue weighted by molar-refractivity contribution is 7.15. The molecule has 0 unspecified atom stereocenters. The number of aliphatic hydroxyl groups is 1. The number of hydrogen-bond acceptors (Lipinski definition) is 6. The van der Waals surface area contributed by atoms with E-state index in [9.17, 15) is 0 Å². The molecule has 0 aliphatic heterocycles. The van der Waals surface area contributed by atoms with Crippen molar-refractivity contribution >= 4 is 16.5 Å². The lowest BCUT2D eigenvalue weighted by molar-refractivity contribution is 0.136. The zero-order chi connectivity index (χ0) is 13.4. The van der Waals surface area contributed by atoms with Gasteiger partial charge in [0.25, 0.3) is 0 Å². The van der Waals surface area contributed by atoms with Crippen molar-refractivity contribution in [1.82, 2.24) is 15.1 Å². The van der Waals surface area contributed by atoms with Crippen LogP contribution in [0.1, 0.15) is 38.6 Å². The standard InChI is InChI=1S/C12H24N4OS/c1-4-10(5-2)16(7-8-17)9-11-14-15-12(18-11)13-6-3/h10,17H,4-9H2,1-3H3,(H,13,15). The van der Waals surface area contributed by atoms with Crippen molar-refractivity contribution in [2.45, 2.75) is 46.2 Å². The van der Waals surface area contributed by atoms with E-state index in [2.05, 4.69) is 34.3 Å². The normalized spacial score (nSPS) is 11.4. The minimum atomic E-state index is 0.190. The van der Waals surface area contributed by atoms with Crippen LogP contribution in [0.5, 0.6) is 0 Å². The molecule has 0 bridgehead atoms. The van der Waals surface area contributed by atoms with Crippen LogP contribution in [0.4, 0.5) is 5.13 Å². The number of nitrogens with one attached hydrogen (secondary N) is 1. The molecule has 6 heteroatoms. The van der Waals surface area contributed by atoms with E-state index in [0.29, 0.717) is 12.6 Å². The molecule has 0 saturated carbocycles. The Morgan fingerprint density at radius 2 is 2.00 bits per heavy atom. The van der Waals surface area contributed by atoms with Gasteiger partial charge in [0.15, 0.2) is 0 Å². The Labute approximate surface area is 113 Å². The highest BCUT2D eigenvalue weighted by atomic mass is 32.1. The fraction of sp³-hybridized carbons (Fsp3) is 0.833. The van der Waals surface area contributed by atoms with Crippen molar-refractivity contribution < 1.29 is 5.11 Å². The molecule has 1 heterocycles. The van der Waals surface area contributed by atoms with E-state index in [-0.39, 0.29) is 6.61 Å². The molecule has 0 atom stereocenters. The van der Waals surface area contributed by atoms with Crippen molar-refractivity contribution in [2.75, 3.05) is 25.0 Å². The van der Waals surface area contributed by atoms with Gasteiger partial charge in [0.2, 0.25) is 5.13 Å². The smallest absolute Gasteiger partial charge is 0.205 e. The Morgan fingerprint density at radius 1 is 1.28 bits per heavy atom. The predicted octanol–water partition coefficient (Wildman–Crippen LogP) is 1.95. The molecule has 1 aromatic rings. The maximum atomic E-state index is 9.16. The van der Waals surface area contributed by atoms with Gasteiger partial charge in [-0.15, -0.1) is 10.2 Å². The molecule has 0 radical (unpaired) electrons. The van der Waals surface area contributed by atoms with Gasteiger partial charge in [-0.25, -0.2) is 0 Å². The second-order valence-electron chi connectivity index (χ2n) is 4.20. The van der Waals surface area contributed by atoms with Crippen LogP contribution in [0.2, 0.25) is 0 Å². The molecule has 1 rings (SSSR count). The van der Waals surface area contributed by atoms with Crippen LogP contribution < -0.4 is 5.32 Å². The van der Waals surface area contributed by atoms with E-state index in [1.165, 1.54) is 0 Å². The SMILES string of the molecule is CCNc1nnc(CN(CCO)C(CC)CC)s1. The number of nitrogens with zero attached hydrogens (tertiary/aromatic N) is 3. The number of anilines is 1. The third kappa shape index (κ3) is 4.51. The second kappa shape index (κ2) is 8.39. The summed E-state index contributed by atoms with van der Waals surface area (Å²) in [6.07, 6.45) is 2.19. The monoisotopic (exact) mass is 272 g/mol. The van der Waals surface area contributed by atoms with Crippen molar-refractivity contribution in [3.63, 3.8) is 0 Å². The molecular weight excluding hydrogens is 248 g/mol. The van der Waals surface area contributed by atoms with Crippen LogP contribution in [0.15, 0.2) is 0 Å². The lowest BCUT2D eigenvalue weighted by atomic mass is 10.1. The molecule has 0 aliphatic carbocycles. The first-order chi connectivity index (χ1) is 8.74.